The Hall–Kier alpha value is -2.34. The zero-order valence-electron chi connectivity index (χ0n) is 14.5. The van der Waals surface area contributed by atoms with Crippen molar-refractivity contribution < 1.29 is 9.53 Å². The molecule has 0 spiro atoms. The van der Waals surface area contributed by atoms with E-state index in [1.54, 1.807) is 0 Å². The molecule has 1 aromatic heterocycles. The van der Waals surface area contributed by atoms with E-state index in [-0.39, 0.29) is 11.9 Å². The minimum absolute atomic E-state index is 0.00300. The summed E-state index contributed by atoms with van der Waals surface area (Å²) in [6.45, 7) is 7.14. The first-order chi connectivity index (χ1) is 11.6. The molecule has 0 saturated carbocycles. The van der Waals surface area contributed by atoms with E-state index in [0.29, 0.717) is 12.3 Å². The van der Waals surface area contributed by atoms with Crippen molar-refractivity contribution in [2.45, 2.75) is 19.9 Å². The number of amides is 1. The zero-order valence-corrected chi connectivity index (χ0v) is 14.5. The number of aromatic amines is 1. The number of ether oxygens (including phenoxy) is 1. The highest BCUT2D eigenvalue weighted by atomic mass is 16.5. The molecule has 6 nitrogen and oxygen atoms in total. The second kappa shape index (κ2) is 7.05. The quantitative estimate of drug-likeness (QED) is 0.935. The highest BCUT2D eigenvalue weighted by Crippen LogP contribution is 2.29. The number of nitrogens with zero attached hydrogens (tertiary/aromatic N) is 3. The second-order valence-electron chi connectivity index (χ2n) is 6.21. The van der Waals surface area contributed by atoms with E-state index in [1.807, 2.05) is 42.2 Å². The Kier molecular flexibility index (Phi) is 4.85. The number of para-hydroxylation sites is 1. The topological polar surface area (TPSA) is 61.5 Å². The molecule has 1 atom stereocenters. The molecule has 0 radical (unpaired) electrons. The number of carbonyl (C=O) groups is 1. The van der Waals surface area contributed by atoms with Crippen LogP contribution < -0.4 is 4.74 Å². The molecule has 2 heterocycles. The van der Waals surface area contributed by atoms with Gasteiger partial charge in [-0.2, -0.15) is 5.10 Å². The summed E-state index contributed by atoms with van der Waals surface area (Å²) in [6, 6.07) is 9.74. The molecule has 1 fully saturated rings. The Morgan fingerprint density at radius 2 is 2.17 bits per heavy atom. The average molecular weight is 328 g/mol. The van der Waals surface area contributed by atoms with Crippen molar-refractivity contribution in [3.8, 4) is 17.0 Å². The highest BCUT2D eigenvalue weighted by molar-refractivity contribution is 5.94. The number of aromatic nitrogens is 2. The van der Waals surface area contributed by atoms with E-state index in [4.69, 9.17) is 4.74 Å². The van der Waals surface area contributed by atoms with E-state index in [9.17, 15) is 4.79 Å². The van der Waals surface area contributed by atoms with Crippen molar-refractivity contribution in [3.63, 3.8) is 0 Å². The van der Waals surface area contributed by atoms with Crippen molar-refractivity contribution in [1.82, 2.24) is 20.0 Å². The van der Waals surface area contributed by atoms with Crippen LogP contribution in [0.1, 0.15) is 24.3 Å². The van der Waals surface area contributed by atoms with Gasteiger partial charge in [0.1, 0.15) is 11.4 Å². The van der Waals surface area contributed by atoms with Crippen molar-refractivity contribution in [2.75, 3.05) is 33.3 Å². The van der Waals surface area contributed by atoms with Crippen molar-refractivity contribution in [2.24, 2.45) is 0 Å². The van der Waals surface area contributed by atoms with E-state index in [1.165, 1.54) is 0 Å². The van der Waals surface area contributed by atoms with Gasteiger partial charge in [0.05, 0.1) is 12.3 Å². The van der Waals surface area contributed by atoms with Crippen LogP contribution in [0.4, 0.5) is 0 Å². The van der Waals surface area contributed by atoms with Gasteiger partial charge in [-0.05, 0) is 39.1 Å². The van der Waals surface area contributed by atoms with Crippen molar-refractivity contribution in [1.29, 1.82) is 0 Å². The Morgan fingerprint density at radius 1 is 1.38 bits per heavy atom. The van der Waals surface area contributed by atoms with Crippen LogP contribution in [0.25, 0.3) is 11.3 Å². The first-order valence-electron chi connectivity index (χ1n) is 8.37. The molecular weight excluding hydrogens is 304 g/mol. The van der Waals surface area contributed by atoms with Crippen LogP contribution in [0.5, 0.6) is 5.75 Å². The Morgan fingerprint density at radius 3 is 2.92 bits per heavy atom. The monoisotopic (exact) mass is 328 g/mol. The third-order valence-electron chi connectivity index (χ3n) is 4.36. The van der Waals surface area contributed by atoms with Gasteiger partial charge in [0.2, 0.25) is 0 Å². The van der Waals surface area contributed by atoms with Crippen molar-refractivity contribution >= 4 is 5.91 Å². The predicted molar refractivity (Wildman–Crippen MR) is 93.2 cm³/mol. The van der Waals surface area contributed by atoms with Crippen LogP contribution in [-0.2, 0) is 0 Å². The molecule has 1 aliphatic rings. The molecule has 1 saturated heterocycles. The number of carbonyl (C=O) groups excluding carboxylic acids is 1. The summed E-state index contributed by atoms with van der Waals surface area (Å²) >= 11 is 0. The Labute approximate surface area is 142 Å². The average Bonchev–Trinajstić information content (AvgIpc) is 3.05. The maximum atomic E-state index is 12.8. The van der Waals surface area contributed by atoms with Crippen LogP contribution in [0.2, 0.25) is 0 Å². The van der Waals surface area contributed by atoms with E-state index in [2.05, 4.69) is 29.1 Å². The summed E-state index contributed by atoms with van der Waals surface area (Å²) in [7, 11) is 2.08. The lowest BCUT2D eigenvalue weighted by molar-refractivity contribution is 0.0527. The largest absolute Gasteiger partial charge is 0.493 e. The summed E-state index contributed by atoms with van der Waals surface area (Å²) < 4.78 is 5.65. The van der Waals surface area contributed by atoms with Gasteiger partial charge in [0.25, 0.3) is 5.91 Å². The molecular formula is C18H24N4O2. The minimum Gasteiger partial charge on any atom is -0.493 e. The molecule has 0 bridgehead atoms. The van der Waals surface area contributed by atoms with Gasteiger partial charge in [0.15, 0.2) is 0 Å². The fourth-order valence-electron chi connectivity index (χ4n) is 3.13. The zero-order chi connectivity index (χ0) is 17.1. The van der Waals surface area contributed by atoms with Crippen LogP contribution in [0.3, 0.4) is 0 Å². The molecule has 24 heavy (non-hydrogen) atoms. The van der Waals surface area contributed by atoms with Gasteiger partial charge in [-0.15, -0.1) is 0 Å². The SMILES string of the molecule is CCOc1ccccc1-c1cc(C(=O)N2CCN(C)CC2C)[nH]n1. The Bertz CT molecular complexity index is 713. The van der Waals surface area contributed by atoms with E-state index < -0.39 is 0 Å². The summed E-state index contributed by atoms with van der Waals surface area (Å²) in [5.41, 5.74) is 2.14. The first-order valence-corrected chi connectivity index (χ1v) is 8.37. The van der Waals surface area contributed by atoms with Crippen LogP contribution in [0.15, 0.2) is 30.3 Å². The maximum absolute atomic E-state index is 12.8. The second-order valence-corrected chi connectivity index (χ2v) is 6.21. The van der Waals surface area contributed by atoms with Crippen LogP contribution >= 0.6 is 0 Å². The molecule has 3 rings (SSSR count). The lowest BCUT2D eigenvalue weighted by atomic mass is 10.1. The van der Waals surface area contributed by atoms with Gasteiger partial charge >= 0.3 is 0 Å². The third-order valence-corrected chi connectivity index (χ3v) is 4.36. The Balaban J connectivity index is 1.82. The lowest BCUT2D eigenvalue weighted by Crippen LogP contribution is -2.52. The molecule has 1 aliphatic heterocycles. The molecule has 6 heteroatoms. The molecule has 1 aromatic carbocycles. The van der Waals surface area contributed by atoms with Crippen molar-refractivity contribution in [3.05, 3.63) is 36.0 Å². The number of nitrogens with one attached hydrogen (secondary N) is 1. The number of H-pyrrole nitrogens is 1. The number of rotatable bonds is 4. The molecule has 2 aromatic rings. The van der Waals surface area contributed by atoms with Gasteiger partial charge in [-0.3, -0.25) is 9.89 Å². The lowest BCUT2D eigenvalue weighted by Gasteiger charge is -2.37. The highest BCUT2D eigenvalue weighted by Gasteiger charge is 2.27. The van der Waals surface area contributed by atoms with E-state index >= 15 is 0 Å². The first kappa shape index (κ1) is 16.5. The molecule has 1 unspecified atom stereocenters. The minimum atomic E-state index is 0.00300. The number of benzene rings is 1. The normalized spacial score (nSPS) is 18.6. The summed E-state index contributed by atoms with van der Waals surface area (Å²) in [5, 5.41) is 7.21. The predicted octanol–water partition coefficient (Wildman–Crippen LogP) is 2.25. The van der Waals surface area contributed by atoms with Gasteiger partial charge in [-0.25, -0.2) is 0 Å². The number of likely N-dealkylation sites (N-methyl/N-ethyl adjacent to an activating group) is 1. The number of piperazine rings is 1. The maximum Gasteiger partial charge on any atom is 0.272 e. The standard InChI is InChI=1S/C18H24N4O2/c1-4-24-17-8-6-5-7-14(17)15-11-16(20-19-15)18(23)22-10-9-21(3)12-13(22)2/h5-8,11,13H,4,9-10,12H2,1-3H3,(H,19,20). The van der Waals surface area contributed by atoms with Gasteiger partial charge < -0.3 is 14.5 Å². The summed E-state index contributed by atoms with van der Waals surface area (Å²) in [5.74, 6) is 0.779. The third kappa shape index (κ3) is 3.28. The fourth-order valence-corrected chi connectivity index (χ4v) is 3.13. The van der Waals surface area contributed by atoms with Gasteiger partial charge in [-0.1, -0.05) is 12.1 Å². The summed E-state index contributed by atoms with van der Waals surface area (Å²) in [6.07, 6.45) is 0. The smallest absolute Gasteiger partial charge is 0.272 e. The van der Waals surface area contributed by atoms with Crippen LogP contribution in [-0.4, -0.2) is 65.2 Å². The number of hydrogen-bond donors (Lipinski definition) is 1. The molecule has 1 amide bonds. The van der Waals surface area contributed by atoms with Gasteiger partial charge in [0, 0.05) is 31.2 Å². The molecule has 1 N–H and O–H groups in total. The number of hydrogen-bond acceptors (Lipinski definition) is 4. The fraction of sp³-hybridized carbons (Fsp3) is 0.444. The molecule has 128 valence electrons. The summed E-state index contributed by atoms with van der Waals surface area (Å²) in [4.78, 5) is 16.9. The van der Waals surface area contributed by atoms with E-state index in [0.717, 1.165) is 36.6 Å². The van der Waals surface area contributed by atoms with Crippen LogP contribution in [0, 0.1) is 0 Å². The molecule has 0 aliphatic carbocycles.